The fourth-order valence-electron chi connectivity index (χ4n) is 1.32. The van der Waals surface area contributed by atoms with Crippen LogP contribution < -0.4 is 5.32 Å². The number of halogens is 2. The number of aliphatic carboxylic acids is 2. The Morgan fingerprint density at radius 2 is 1.68 bits per heavy atom. The zero-order valence-electron chi connectivity index (χ0n) is 9.39. The molecule has 0 aromatic heterocycles. The van der Waals surface area contributed by atoms with Crippen molar-refractivity contribution in [3.05, 3.63) is 35.4 Å². The highest BCUT2D eigenvalue weighted by molar-refractivity contribution is 5.97. The molecular weight excluding hydrogens is 264 g/mol. The predicted octanol–water partition coefficient (Wildman–Crippen LogP) is 0.622. The summed E-state index contributed by atoms with van der Waals surface area (Å²) in [5, 5.41) is 18.9. The van der Waals surface area contributed by atoms with E-state index in [4.69, 9.17) is 10.2 Å². The van der Waals surface area contributed by atoms with Gasteiger partial charge in [0.1, 0.15) is 23.2 Å². The van der Waals surface area contributed by atoms with Gasteiger partial charge in [-0.15, -0.1) is 0 Å². The van der Waals surface area contributed by atoms with Gasteiger partial charge in [0.2, 0.25) is 0 Å². The van der Waals surface area contributed by atoms with E-state index in [-0.39, 0.29) is 0 Å². The Morgan fingerprint density at radius 3 is 2.11 bits per heavy atom. The van der Waals surface area contributed by atoms with Gasteiger partial charge in [0.05, 0.1) is 6.42 Å². The first-order valence-corrected chi connectivity index (χ1v) is 5.02. The summed E-state index contributed by atoms with van der Waals surface area (Å²) in [6, 6.07) is 0.910. The first kappa shape index (κ1) is 14.6. The summed E-state index contributed by atoms with van der Waals surface area (Å²) < 4.78 is 26.5. The molecule has 8 heteroatoms. The van der Waals surface area contributed by atoms with Gasteiger partial charge in [-0.05, 0) is 12.1 Å². The van der Waals surface area contributed by atoms with Crippen molar-refractivity contribution in [1.29, 1.82) is 0 Å². The third kappa shape index (κ3) is 3.73. The topological polar surface area (TPSA) is 104 Å². The molecule has 1 aromatic rings. The molecule has 0 saturated heterocycles. The Morgan fingerprint density at radius 1 is 1.16 bits per heavy atom. The maximum Gasteiger partial charge on any atom is 0.326 e. The van der Waals surface area contributed by atoms with E-state index in [0.29, 0.717) is 0 Å². The Hall–Kier alpha value is -2.51. The fourth-order valence-corrected chi connectivity index (χ4v) is 1.32. The number of amides is 1. The lowest BCUT2D eigenvalue weighted by Gasteiger charge is -2.13. The Kier molecular flexibility index (Phi) is 4.51. The molecule has 1 unspecified atom stereocenters. The molecule has 0 fully saturated rings. The summed E-state index contributed by atoms with van der Waals surface area (Å²) in [7, 11) is 0. The van der Waals surface area contributed by atoms with Crippen LogP contribution in [0.5, 0.6) is 0 Å². The minimum atomic E-state index is -1.77. The van der Waals surface area contributed by atoms with E-state index in [1.165, 1.54) is 0 Å². The lowest BCUT2D eigenvalue weighted by Crippen LogP contribution is -2.42. The van der Waals surface area contributed by atoms with E-state index in [1.54, 1.807) is 5.32 Å². The van der Waals surface area contributed by atoms with Crippen LogP contribution in [0.25, 0.3) is 0 Å². The van der Waals surface area contributed by atoms with Gasteiger partial charge in [0.25, 0.3) is 5.91 Å². The van der Waals surface area contributed by atoms with Gasteiger partial charge >= 0.3 is 11.9 Å². The summed E-state index contributed by atoms with van der Waals surface area (Å²) in [5.41, 5.74) is -0.959. The molecule has 102 valence electrons. The molecule has 0 bridgehead atoms. The van der Waals surface area contributed by atoms with Crippen molar-refractivity contribution in [3.8, 4) is 0 Å². The summed E-state index contributed by atoms with van der Waals surface area (Å²) >= 11 is 0. The second-order valence-electron chi connectivity index (χ2n) is 3.56. The lowest BCUT2D eigenvalue weighted by molar-refractivity contribution is -0.145. The normalized spacial score (nSPS) is 11.7. The number of benzene rings is 1. The molecule has 0 aliphatic rings. The summed E-state index contributed by atoms with van der Waals surface area (Å²) in [6.07, 6.45) is -0.906. The summed E-state index contributed by atoms with van der Waals surface area (Å²) in [5.74, 6) is -6.76. The average molecular weight is 273 g/mol. The van der Waals surface area contributed by atoms with Gasteiger partial charge in [0, 0.05) is 0 Å². The number of hydrogen-bond acceptors (Lipinski definition) is 3. The highest BCUT2D eigenvalue weighted by Crippen LogP contribution is 2.12. The van der Waals surface area contributed by atoms with Crippen LogP contribution in [0.3, 0.4) is 0 Å². The monoisotopic (exact) mass is 273 g/mol. The van der Waals surface area contributed by atoms with Crippen molar-refractivity contribution in [3.63, 3.8) is 0 Å². The average Bonchev–Trinajstić information content (AvgIpc) is 2.27. The van der Waals surface area contributed by atoms with Gasteiger partial charge in [-0.1, -0.05) is 6.07 Å². The molecule has 6 nitrogen and oxygen atoms in total. The molecule has 1 aromatic carbocycles. The Labute approximate surface area is 105 Å². The van der Waals surface area contributed by atoms with Crippen LogP contribution in [-0.4, -0.2) is 34.1 Å². The van der Waals surface area contributed by atoms with Gasteiger partial charge < -0.3 is 15.5 Å². The highest BCUT2D eigenvalue weighted by Gasteiger charge is 2.26. The molecule has 0 aliphatic heterocycles. The Bertz CT molecular complexity index is 512. The quantitative estimate of drug-likeness (QED) is 0.729. The molecule has 0 saturated carbocycles. The highest BCUT2D eigenvalue weighted by atomic mass is 19.1. The standard InChI is InChI=1S/C11H9F2NO5/c12-5-2-1-3-6(13)9(5)10(17)14-7(11(18)19)4-8(15)16/h1-3,7H,4H2,(H,14,17)(H,15,16)(H,18,19). The maximum atomic E-state index is 13.3. The minimum absolute atomic E-state index is 0.824. The summed E-state index contributed by atoms with van der Waals surface area (Å²) in [4.78, 5) is 32.6. The van der Waals surface area contributed by atoms with Crippen LogP contribution in [0.1, 0.15) is 16.8 Å². The van der Waals surface area contributed by atoms with Crippen LogP contribution >= 0.6 is 0 Å². The SMILES string of the molecule is O=C(O)CC(NC(=O)c1c(F)cccc1F)C(=O)O. The van der Waals surface area contributed by atoms with E-state index >= 15 is 0 Å². The number of carbonyl (C=O) groups is 3. The number of carbonyl (C=O) groups excluding carboxylic acids is 1. The molecule has 0 radical (unpaired) electrons. The number of hydrogen-bond donors (Lipinski definition) is 3. The number of carboxylic acid groups (broad SMARTS) is 2. The number of rotatable bonds is 5. The van der Waals surface area contributed by atoms with Crippen LogP contribution in [0.15, 0.2) is 18.2 Å². The smallest absolute Gasteiger partial charge is 0.326 e. The summed E-state index contributed by atoms with van der Waals surface area (Å²) in [6.45, 7) is 0. The van der Waals surface area contributed by atoms with E-state index in [1.807, 2.05) is 0 Å². The zero-order chi connectivity index (χ0) is 14.6. The predicted molar refractivity (Wildman–Crippen MR) is 57.5 cm³/mol. The lowest BCUT2D eigenvalue weighted by atomic mass is 10.1. The first-order chi connectivity index (χ1) is 8.82. The molecule has 0 aliphatic carbocycles. The molecule has 0 spiro atoms. The largest absolute Gasteiger partial charge is 0.481 e. The van der Waals surface area contributed by atoms with Crippen LogP contribution in [0.4, 0.5) is 8.78 Å². The van der Waals surface area contributed by atoms with E-state index in [2.05, 4.69) is 0 Å². The molecule has 1 rings (SSSR count). The fraction of sp³-hybridized carbons (Fsp3) is 0.182. The first-order valence-electron chi connectivity index (χ1n) is 5.02. The van der Waals surface area contributed by atoms with Crippen molar-refractivity contribution in [2.45, 2.75) is 12.5 Å². The molecule has 19 heavy (non-hydrogen) atoms. The van der Waals surface area contributed by atoms with E-state index in [9.17, 15) is 23.2 Å². The van der Waals surface area contributed by atoms with Crippen molar-refractivity contribution in [2.75, 3.05) is 0 Å². The molecule has 1 amide bonds. The van der Waals surface area contributed by atoms with E-state index in [0.717, 1.165) is 18.2 Å². The second kappa shape index (κ2) is 5.89. The van der Waals surface area contributed by atoms with E-state index < -0.39 is 47.5 Å². The van der Waals surface area contributed by atoms with Crippen molar-refractivity contribution < 1.29 is 33.4 Å². The third-order valence-electron chi connectivity index (χ3n) is 2.17. The molecule has 1 atom stereocenters. The van der Waals surface area contributed by atoms with Gasteiger partial charge in [-0.3, -0.25) is 9.59 Å². The molecule has 0 heterocycles. The van der Waals surface area contributed by atoms with Crippen molar-refractivity contribution >= 4 is 17.8 Å². The van der Waals surface area contributed by atoms with Gasteiger partial charge in [0.15, 0.2) is 0 Å². The van der Waals surface area contributed by atoms with Crippen molar-refractivity contribution in [2.24, 2.45) is 0 Å². The second-order valence-corrected chi connectivity index (χ2v) is 3.56. The number of carboxylic acids is 2. The van der Waals surface area contributed by atoms with Gasteiger partial charge in [-0.25, -0.2) is 13.6 Å². The molecular formula is C11H9F2NO5. The van der Waals surface area contributed by atoms with Crippen molar-refractivity contribution in [1.82, 2.24) is 5.32 Å². The maximum absolute atomic E-state index is 13.3. The zero-order valence-corrected chi connectivity index (χ0v) is 9.39. The Balaban J connectivity index is 2.94. The van der Waals surface area contributed by atoms with Crippen LogP contribution in [0, 0.1) is 11.6 Å². The minimum Gasteiger partial charge on any atom is -0.481 e. The molecule has 3 N–H and O–H groups in total. The third-order valence-corrected chi connectivity index (χ3v) is 2.17. The van der Waals surface area contributed by atoms with Crippen LogP contribution in [0.2, 0.25) is 0 Å². The number of nitrogens with one attached hydrogen (secondary N) is 1. The van der Waals surface area contributed by atoms with Gasteiger partial charge in [-0.2, -0.15) is 0 Å². The van der Waals surface area contributed by atoms with Crippen LogP contribution in [-0.2, 0) is 9.59 Å².